The van der Waals surface area contributed by atoms with Gasteiger partial charge in [0, 0.05) is 24.4 Å². The van der Waals surface area contributed by atoms with Gasteiger partial charge in [0.05, 0.1) is 5.69 Å². The maximum absolute atomic E-state index is 11.1. The SMILES string of the molecule is CC(=O)Nc1ccsc1CNC(C)Cc1ccccc1. The number of nitrogens with one attached hydrogen (secondary N) is 2. The number of carbonyl (C=O) groups is 1. The third kappa shape index (κ3) is 4.47. The molecule has 1 aromatic heterocycles. The fraction of sp³-hybridized carbons (Fsp3) is 0.312. The first-order valence-corrected chi connectivity index (χ1v) is 7.64. The number of benzene rings is 1. The minimum atomic E-state index is -0.0259. The molecule has 2 aromatic rings. The quantitative estimate of drug-likeness (QED) is 0.855. The molecule has 1 atom stereocenters. The normalized spacial score (nSPS) is 12.1. The van der Waals surface area contributed by atoms with Crippen LogP contribution in [0.25, 0.3) is 0 Å². The van der Waals surface area contributed by atoms with E-state index in [9.17, 15) is 4.79 Å². The predicted octanol–water partition coefficient (Wildman–Crippen LogP) is 3.43. The third-order valence-corrected chi connectivity index (χ3v) is 3.97. The van der Waals surface area contributed by atoms with E-state index in [0.717, 1.165) is 18.7 Å². The molecule has 0 saturated carbocycles. The standard InChI is InChI=1S/C16H20N2OS/c1-12(10-14-6-4-3-5-7-14)17-11-16-15(8-9-20-16)18-13(2)19/h3-9,12,17H,10-11H2,1-2H3,(H,18,19). The molecule has 0 radical (unpaired) electrons. The van der Waals surface area contributed by atoms with Gasteiger partial charge in [0.15, 0.2) is 0 Å². The van der Waals surface area contributed by atoms with E-state index >= 15 is 0 Å². The zero-order valence-electron chi connectivity index (χ0n) is 11.8. The van der Waals surface area contributed by atoms with Gasteiger partial charge >= 0.3 is 0 Å². The Morgan fingerprint density at radius 1 is 1.25 bits per heavy atom. The van der Waals surface area contributed by atoms with Gasteiger partial charge in [-0.25, -0.2) is 0 Å². The molecule has 0 aliphatic carbocycles. The Balaban J connectivity index is 1.86. The van der Waals surface area contributed by atoms with E-state index in [-0.39, 0.29) is 5.91 Å². The lowest BCUT2D eigenvalue weighted by atomic mass is 10.1. The van der Waals surface area contributed by atoms with Crippen LogP contribution < -0.4 is 10.6 Å². The van der Waals surface area contributed by atoms with E-state index in [2.05, 4.69) is 41.8 Å². The summed E-state index contributed by atoms with van der Waals surface area (Å²) in [6.45, 7) is 4.49. The molecule has 0 fully saturated rings. The Labute approximate surface area is 124 Å². The molecule has 1 amide bonds. The molecule has 2 N–H and O–H groups in total. The van der Waals surface area contributed by atoms with Crippen LogP contribution in [0.1, 0.15) is 24.3 Å². The molecule has 0 aliphatic rings. The lowest BCUT2D eigenvalue weighted by Gasteiger charge is -2.14. The third-order valence-electron chi connectivity index (χ3n) is 3.05. The van der Waals surface area contributed by atoms with E-state index in [1.54, 1.807) is 11.3 Å². The van der Waals surface area contributed by atoms with Crippen LogP contribution in [0.5, 0.6) is 0 Å². The maximum atomic E-state index is 11.1. The smallest absolute Gasteiger partial charge is 0.221 e. The molecule has 20 heavy (non-hydrogen) atoms. The highest BCUT2D eigenvalue weighted by molar-refractivity contribution is 7.10. The van der Waals surface area contributed by atoms with Crippen molar-refractivity contribution < 1.29 is 4.79 Å². The molecule has 1 aromatic carbocycles. The number of hydrogen-bond donors (Lipinski definition) is 2. The highest BCUT2D eigenvalue weighted by Gasteiger charge is 2.08. The summed E-state index contributed by atoms with van der Waals surface area (Å²) in [5.41, 5.74) is 2.25. The number of amides is 1. The van der Waals surface area contributed by atoms with Crippen LogP contribution in [0, 0.1) is 0 Å². The van der Waals surface area contributed by atoms with Crippen molar-refractivity contribution in [2.24, 2.45) is 0 Å². The largest absolute Gasteiger partial charge is 0.325 e. The Bertz CT molecular complexity index is 551. The van der Waals surface area contributed by atoms with E-state index in [4.69, 9.17) is 0 Å². The Morgan fingerprint density at radius 2 is 2.00 bits per heavy atom. The van der Waals surface area contributed by atoms with Crippen LogP contribution >= 0.6 is 11.3 Å². The van der Waals surface area contributed by atoms with Crippen molar-refractivity contribution in [3.63, 3.8) is 0 Å². The van der Waals surface area contributed by atoms with Crippen LogP contribution in [0.2, 0.25) is 0 Å². The average molecular weight is 288 g/mol. The first kappa shape index (κ1) is 14.8. The molecular weight excluding hydrogens is 268 g/mol. The molecule has 0 bridgehead atoms. The zero-order chi connectivity index (χ0) is 14.4. The van der Waals surface area contributed by atoms with Gasteiger partial charge in [-0.1, -0.05) is 30.3 Å². The molecule has 106 valence electrons. The lowest BCUT2D eigenvalue weighted by Crippen LogP contribution is -2.27. The molecule has 1 unspecified atom stereocenters. The van der Waals surface area contributed by atoms with Gasteiger partial charge in [0.1, 0.15) is 0 Å². The van der Waals surface area contributed by atoms with Crippen LogP contribution in [-0.4, -0.2) is 11.9 Å². The summed E-state index contributed by atoms with van der Waals surface area (Å²) in [6, 6.07) is 12.8. The Kier molecular flexibility index (Phi) is 5.32. The number of thiophene rings is 1. The van der Waals surface area contributed by atoms with Crippen LogP contribution in [0.4, 0.5) is 5.69 Å². The average Bonchev–Trinajstić information content (AvgIpc) is 2.84. The molecule has 3 nitrogen and oxygen atoms in total. The zero-order valence-corrected chi connectivity index (χ0v) is 12.7. The van der Waals surface area contributed by atoms with Crippen LogP contribution in [0.3, 0.4) is 0 Å². The molecule has 0 saturated heterocycles. The number of hydrogen-bond acceptors (Lipinski definition) is 3. The first-order valence-electron chi connectivity index (χ1n) is 6.76. The van der Waals surface area contributed by atoms with E-state index < -0.39 is 0 Å². The second-order valence-electron chi connectivity index (χ2n) is 4.91. The molecular formula is C16H20N2OS. The number of carbonyl (C=O) groups excluding carboxylic acids is 1. The van der Waals surface area contributed by atoms with Crippen molar-refractivity contribution in [3.8, 4) is 0 Å². The molecule has 0 aliphatic heterocycles. The second-order valence-corrected chi connectivity index (χ2v) is 5.91. The van der Waals surface area contributed by atoms with Crippen molar-refractivity contribution >= 4 is 22.9 Å². The van der Waals surface area contributed by atoms with Crippen LogP contribution in [0.15, 0.2) is 41.8 Å². The van der Waals surface area contributed by atoms with Gasteiger partial charge in [-0.2, -0.15) is 0 Å². The van der Waals surface area contributed by atoms with Gasteiger partial charge in [0.25, 0.3) is 0 Å². The monoisotopic (exact) mass is 288 g/mol. The van der Waals surface area contributed by atoms with Gasteiger partial charge in [-0.3, -0.25) is 4.79 Å². The molecule has 0 spiro atoms. The fourth-order valence-electron chi connectivity index (χ4n) is 2.09. The van der Waals surface area contributed by atoms with Gasteiger partial charge in [-0.05, 0) is 30.4 Å². The van der Waals surface area contributed by atoms with Crippen LogP contribution in [-0.2, 0) is 17.8 Å². The minimum absolute atomic E-state index is 0.0259. The topological polar surface area (TPSA) is 41.1 Å². The number of anilines is 1. The Morgan fingerprint density at radius 3 is 2.70 bits per heavy atom. The highest BCUT2D eigenvalue weighted by Crippen LogP contribution is 2.22. The van der Waals surface area contributed by atoms with Crippen molar-refractivity contribution in [3.05, 3.63) is 52.2 Å². The Hall–Kier alpha value is -1.65. The summed E-state index contributed by atoms with van der Waals surface area (Å²) in [6.07, 6.45) is 1.00. The molecule has 2 rings (SSSR count). The summed E-state index contributed by atoms with van der Waals surface area (Å²) < 4.78 is 0. The summed E-state index contributed by atoms with van der Waals surface area (Å²) in [5.74, 6) is -0.0259. The summed E-state index contributed by atoms with van der Waals surface area (Å²) in [5, 5.41) is 8.37. The minimum Gasteiger partial charge on any atom is -0.325 e. The summed E-state index contributed by atoms with van der Waals surface area (Å²) in [4.78, 5) is 12.3. The van der Waals surface area contributed by atoms with Gasteiger partial charge in [-0.15, -0.1) is 11.3 Å². The second kappa shape index (κ2) is 7.22. The van der Waals surface area contributed by atoms with E-state index in [0.29, 0.717) is 6.04 Å². The van der Waals surface area contributed by atoms with E-state index in [1.165, 1.54) is 17.4 Å². The highest BCUT2D eigenvalue weighted by atomic mass is 32.1. The number of rotatable bonds is 6. The first-order chi connectivity index (χ1) is 9.65. The predicted molar refractivity (Wildman–Crippen MR) is 85.1 cm³/mol. The van der Waals surface area contributed by atoms with E-state index in [1.807, 2.05) is 17.5 Å². The maximum Gasteiger partial charge on any atom is 0.221 e. The summed E-state index contributed by atoms with van der Waals surface area (Å²) >= 11 is 1.66. The molecule has 4 heteroatoms. The van der Waals surface area contributed by atoms with Crippen molar-refractivity contribution in [2.75, 3.05) is 5.32 Å². The van der Waals surface area contributed by atoms with Gasteiger partial charge < -0.3 is 10.6 Å². The van der Waals surface area contributed by atoms with Crippen molar-refractivity contribution in [1.82, 2.24) is 5.32 Å². The van der Waals surface area contributed by atoms with Crippen molar-refractivity contribution in [1.29, 1.82) is 0 Å². The van der Waals surface area contributed by atoms with Crippen molar-refractivity contribution in [2.45, 2.75) is 32.9 Å². The summed E-state index contributed by atoms with van der Waals surface area (Å²) in [7, 11) is 0. The molecule has 1 heterocycles. The lowest BCUT2D eigenvalue weighted by molar-refractivity contribution is -0.114. The fourth-order valence-corrected chi connectivity index (χ4v) is 2.87. The van der Waals surface area contributed by atoms with Gasteiger partial charge in [0.2, 0.25) is 5.91 Å².